The maximum atomic E-state index is 8.86. The first-order valence-corrected chi connectivity index (χ1v) is 5.15. The number of nitrogens with two attached hydrogens (primary N) is 1. The lowest BCUT2D eigenvalue weighted by molar-refractivity contribution is 0.234. The second kappa shape index (κ2) is 4.77. The van der Waals surface area contributed by atoms with E-state index in [2.05, 4.69) is 19.9 Å². The monoisotopic (exact) mass is 183 g/mol. The Morgan fingerprint density at radius 3 is 2.92 bits per heavy atom. The van der Waals surface area contributed by atoms with Gasteiger partial charge in [0.2, 0.25) is 0 Å². The largest absolute Gasteiger partial charge is 0.395 e. The molecule has 3 unspecified atom stereocenters. The summed E-state index contributed by atoms with van der Waals surface area (Å²) in [6.07, 6.45) is 5.70. The number of hydrogen-bond acceptors (Lipinski definition) is 2. The third-order valence-electron chi connectivity index (χ3n) is 2.76. The molecule has 1 aliphatic carbocycles. The average molecular weight is 183 g/mol. The predicted octanol–water partition coefficient (Wildman–Crippen LogP) is 1.69. The van der Waals surface area contributed by atoms with Gasteiger partial charge < -0.3 is 10.8 Å². The molecule has 3 atom stereocenters. The lowest BCUT2D eigenvalue weighted by Crippen LogP contribution is -2.28. The molecule has 0 radical (unpaired) electrons. The molecule has 0 aromatic rings. The van der Waals surface area contributed by atoms with Crippen molar-refractivity contribution in [1.29, 1.82) is 0 Å². The molecule has 0 fully saturated rings. The molecule has 1 aliphatic rings. The van der Waals surface area contributed by atoms with Gasteiger partial charge in [0, 0.05) is 6.04 Å². The van der Waals surface area contributed by atoms with Crippen LogP contribution in [-0.4, -0.2) is 17.8 Å². The highest BCUT2D eigenvalue weighted by Gasteiger charge is 2.19. The minimum atomic E-state index is -0.0249. The van der Waals surface area contributed by atoms with Crippen molar-refractivity contribution >= 4 is 0 Å². The molecule has 0 aromatic heterocycles. The number of hydrogen-bond donors (Lipinski definition) is 2. The van der Waals surface area contributed by atoms with Gasteiger partial charge in [-0.15, -0.1) is 0 Å². The van der Waals surface area contributed by atoms with E-state index in [9.17, 15) is 0 Å². The predicted molar refractivity (Wildman–Crippen MR) is 55.3 cm³/mol. The Kier molecular flexibility index (Phi) is 3.94. The lowest BCUT2D eigenvalue weighted by Gasteiger charge is -2.27. The molecule has 0 spiro atoms. The number of rotatable bonds is 3. The zero-order valence-corrected chi connectivity index (χ0v) is 8.66. The number of allylic oxidation sites excluding steroid dienone is 2. The zero-order chi connectivity index (χ0) is 9.84. The maximum Gasteiger partial charge on any atom is 0.0582 e. The van der Waals surface area contributed by atoms with Crippen LogP contribution in [0.25, 0.3) is 0 Å². The van der Waals surface area contributed by atoms with E-state index >= 15 is 0 Å². The summed E-state index contributed by atoms with van der Waals surface area (Å²) in [7, 11) is 0. The van der Waals surface area contributed by atoms with E-state index in [4.69, 9.17) is 10.8 Å². The Balaban J connectivity index is 2.41. The quantitative estimate of drug-likeness (QED) is 0.654. The standard InChI is InChI=1S/C11H21NO/c1-8-3-9(2)5-10(4-8)6-11(12)7-13/h3,8,10-11,13H,4-7,12H2,1-2H3. The van der Waals surface area contributed by atoms with E-state index in [1.54, 1.807) is 0 Å². The van der Waals surface area contributed by atoms with Crippen molar-refractivity contribution < 1.29 is 5.11 Å². The first-order chi connectivity index (χ1) is 6.11. The Bertz CT molecular complexity index is 189. The highest BCUT2D eigenvalue weighted by atomic mass is 16.3. The SMILES string of the molecule is CC1=CC(C)CC(CC(N)CO)C1. The van der Waals surface area contributed by atoms with Gasteiger partial charge in [0.05, 0.1) is 6.61 Å². The Hall–Kier alpha value is -0.340. The summed E-state index contributed by atoms with van der Waals surface area (Å²) in [6, 6.07) is -0.0249. The van der Waals surface area contributed by atoms with E-state index in [1.807, 2.05) is 0 Å². The molecule has 0 heterocycles. The molecular weight excluding hydrogens is 162 g/mol. The van der Waals surface area contributed by atoms with Gasteiger partial charge in [-0.2, -0.15) is 0 Å². The first kappa shape index (κ1) is 10.7. The van der Waals surface area contributed by atoms with Crippen LogP contribution < -0.4 is 5.73 Å². The summed E-state index contributed by atoms with van der Waals surface area (Å²) in [5.74, 6) is 1.37. The topological polar surface area (TPSA) is 46.2 Å². The summed E-state index contributed by atoms with van der Waals surface area (Å²) < 4.78 is 0. The fourth-order valence-corrected chi connectivity index (χ4v) is 2.37. The average Bonchev–Trinajstić information content (AvgIpc) is 2.02. The van der Waals surface area contributed by atoms with Gasteiger partial charge in [-0.05, 0) is 38.0 Å². The zero-order valence-electron chi connectivity index (χ0n) is 8.66. The fourth-order valence-electron chi connectivity index (χ4n) is 2.37. The molecule has 0 amide bonds. The maximum absolute atomic E-state index is 8.86. The van der Waals surface area contributed by atoms with Crippen LogP contribution in [0, 0.1) is 11.8 Å². The van der Waals surface area contributed by atoms with Gasteiger partial charge >= 0.3 is 0 Å². The lowest BCUT2D eigenvalue weighted by atomic mass is 9.80. The van der Waals surface area contributed by atoms with Crippen molar-refractivity contribution in [2.24, 2.45) is 17.6 Å². The van der Waals surface area contributed by atoms with Gasteiger partial charge in [-0.25, -0.2) is 0 Å². The van der Waals surface area contributed by atoms with Gasteiger partial charge in [-0.3, -0.25) is 0 Å². The minimum Gasteiger partial charge on any atom is -0.395 e. The van der Waals surface area contributed by atoms with E-state index in [0.29, 0.717) is 11.8 Å². The normalized spacial score (nSPS) is 31.2. The van der Waals surface area contributed by atoms with Gasteiger partial charge in [-0.1, -0.05) is 18.6 Å². The Morgan fingerprint density at radius 1 is 1.69 bits per heavy atom. The summed E-state index contributed by atoms with van der Waals surface area (Å²) in [4.78, 5) is 0. The molecular formula is C11H21NO. The van der Waals surface area contributed by atoms with Crippen LogP contribution in [-0.2, 0) is 0 Å². The molecule has 0 saturated heterocycles. The van der Waals surface area contributed by atoms with Gasteiger partial charge in [0.25, 0.3) is 0 Å². The van der Waals surface area contributed by atoms with Crippen LogP contribution in [0.4, 0.5) is 0 Å². The van der Waals surface area contributed by atoms with Crippen molar-refractivity contribution in [3.8, 4) is 0 Å². The minimum absolute atomic E-state index is 0.0249. The third-order valence-corrected chi connectivity index (χ3v) is 2.76. The second-order valence-corrected chi connectivity index (χ2v) is 4.47. The van der Waals surface area contributed by atoms with E-state index in [-0.39, 0.29) is 12.6 Å². The summed E-state index contributed by atoms with van der Waals surface area (Å²) in [5, 5.41) is 8.86. The number of aliphatic hydroxyl groups excluding tert-OH is 1. The van der Waals surface area contributed by atoms with E-state index in [0.717, 1.165) is 12.8 Å². The van der Waals surface area contributed by atoms with Crippen LogP contribution in [0.1, 0.15) is 33.1 Å². The molecule has 0 aliphatic heterocycles. The highest BCUT2D eigenvalue weighted by molar-refractivity contribution is 5.06. The van der Waals surface area contributed by atoms with Crippen molar-refractivity contribution in [3.63, 3.8) is 0 Å². The Morgan fingerprint density at radius 2 is 2.38 bits per heavy atom. The summed E-state index contributed by atoms with van der Waals surface area (Å²) >= 11 is 0. The Labute approximate surface area is 80.8 Å². The van der Waals surface area contributed by atoms with Gasteiger partial charge in [0.15, 0.2) is 0 Å². The van der Waals surface area contributed by atoms with Crippen LogP contribution in [0.2, 0.25) is 0 Å². The smallest absolute Gasteiger partial charge is 0.0582 e. The molecule has 3 N–H and O–H groups in total. The van der Waals surface area contributed by atoms with Crippen LogP contribution >= 0.6 is 0 Å². The number of aliphatic hydroxyl groups is 1. The van der Waals surface area contributed by atoms with Crippen molar-refractivity contribution in [2.75, 3.05) is 6.61 Å². The van der Waals surface area contributed by atoms with Crippen LogP contribution in [0.15, 0.2) is 11.6 Å². The highest BCUT2D eigenvalue weighted by Crippen LogP contribution is 2.30. The molecule has 1 rings (SSSR count). The van der Waals surface area contributed by atoms with Gasteiger partial charge in [0.1, 0.15) is 0 Å². The van der Waals surface area contributed by atoms with Crippen LogP contribution in [0.3, 0.4) is 0 Å². The molecule has 0 aromatic carbocycles. The van der Waals surface area contributed by atoms with Crippen LogP contribution in [0.5, 0.6) is 0 Å². The summed E-state index contributed by atoms with van der Waals surface area (Å²) in [5.41, 5.74) is 7.21. The third kappa shape index (κ3) is 3.49. The van der Waals surface area contributed by atoms with Crippen molar-refractivity contribution in [3.05, 3.63) is 11.6 Å². The molecule has 0 saturated carbocycles. The van der Waals surface area contributed by atoms with E-state index < -0.39 is 0 Å². The molecule has 13 heavy (non-hydrogen) atoms. The molecule has 76 valence electrons. The fraction of sp³-hybridized carbons (Fsp3) is 0.818. The molecule has 2 heteroatoms. The first-order valence-electron chi connectivity index (χ1n) is 5.15. The van der Waals surface area contributed by atoms with Crippen molar-refractivity contribution in [1.82, 2.24) is 0 Å². The van der Waals surface area contributed by atoms with E-state index in [1.165, 1.54) is 12.0 Å². The molecule has 2 nitrogen and oxygen atoms in total. The summed E-state index contributed by atoms with van der Waals surface area (Å²) in [6.45, 7) is 4.56. The molecule has 0 bridgehead atoms. The van der Waals surface area contributed by atoms with Crippen molar-refractivity contribution in [2.45, 2.75) is 39.2 Å². The second-order valence-electron chi connectivity index (χ2n) is 4.47.